The topological polar surface area (TPSA) is 12.0 Å². The maximum absolute atomic E-state index is 3.52. The first-order valence-corrected chi connectivity index (χ1v) is 6.02. The van der Waals surface area contributed by atoms with Crippen LogP contribution in [-0.2, 0) is 6.42 Å². The highest BCUT2D eigenvalue weighted by atomic mass is 32.1. The Hall–Kier alpha value is -0.340. The van der Waals surface area contributed by atoms with Crippen molar-refractivity contribution in [2.45, 2.75) is 19.8 Å². The zero-order chi connectivity index (χ0) is 9.10. The van der Waals surface area contributed by atoms with Gasteiger partial charge in [0.2, 0.25) is 0 Å². The van der Waals surface area contributed by atoms with E-state index in [4.69, 9.17) is 0 Å². The van der Waals surface area contributed by atoms with Gasteiger partial charge < -0.3 is 5.32 Å². The molecule has 1 aliphatic rings. The first-order valence-electron chi connectivity index (χ1n) is 5.08. The fourth-order valence-corrected chi connectivity index (χ4v) is 2.34. The minimum Gasteiger partial charge on any atom is -0.316 e. The maximum Gasteiger partial charge on any atom is -0.000794 e. The summed E-state index contributed by atoms with van der Waals surface area (Å²) in [7, 11) is 0. The molecule has 0 aliphatic heterocycles. The second-order valence-corrected chi connectivity index (χ2v) is 4.84. The Balaban J connectivity index is 1.54. The minimum absolute atomic E-state index is 0.975. The SMILES string of the molecule is CC1CC1CNCCc1ccsc1. The molecule has 1 heterocycles. The molecule has 2 heteroatoms. The molecule has 0 spiro atoms. The summed E-state index contributed by atoms with van der Waals surface area (Å²) in [6.45, 7) is 4.70. The van der Waals surface area contributed by atoms with E-state index in [0.29, 0.717) is 0 Å². The van der Waals surface area contributed by atoms with Gasteiger partial charge in [-0.2, -0.15) is 11.3 Å². The Morgan fingerprint density at radius 2 is 2.46 bits per heavy atom. The van der Waals surface area contributed by atoms with Crippen molar-refractivity contribution in [3.05, 3.63) is 22.4 Å². The molecule has 2 unspecified atom stereocenters. The Morgan fingerprint density at radius 1 is 1.62 bits per heavy atom. The number of hydrogen-bond acceptors (Lipinski definition) is 2. The van der Waals surface area contributed by atoms with Gasteiger partial charge in [-0.3, -0.25) is 0 Å². The number of rotatable bonds is 5. The van der Waals surface area contributed by atoms with Gasteiger partial charge in [-0.25, -0.2) is 0 Å². The molecule has 2 rings (SSSR count). The van der Waals surface area contributed by atoms with Crippen LogP contribution in [0.5, 0.6) is 0 Å². The van der Waals surface area contributed by atoms with E-state index in [0.717, 1.165) is 18.4 Å². The van der Waals surface area contributed by atoms with Crippen LogP contribution in [0.15, 0.2) is 16.8 Å². The summed E-state index contributed by atoms with van der Waals surface area (Å²) in [6.07, 6.45) is 2.62. The molecule has 1 fully saturated rings. The van der Waals surface area contributed by atoms with Gasteiger partial charge in [0.25, 0.3) is 0 Å². The van der Waals surface area contributed by atoms with E-state index in [9.17, 15) is 0 Å². The first-order chi connectivity index (χ1) is 6.36. The summed E-state index contributed by atoms with van der Waals surface area (Å²) >= 11 is 1.79. The van der Waals surface area contributed by atoms with Gasteiger partial charge in [-0.15, -0.1) is 0 Å². The molecule has 1 nitrogen and oxygen atoms in total. The zero-order valence-electron chi connectivity index (χ0n) is 8.12. The molecule has 0 saturated heterocycles. The third-order valence-electron chi connectivity index (χ3n) is 2.85. The van der Waals surface area contributed by atoms with Gasteiger partial charge >= 0.3 is 0 Å². The molecule has 0 radical (unpaired) electrons. The van der Waals surface area contributed by atoms with Gasteiger partial charge in [0.15, 0.2) is 0 Å². The van der Waals surface area contributed by atoms with Crippen molar-refractivity contribution in [3.8, 4) is 0 Å². The molecule has 0 amide bonds. The number of hydrogen-bond donors (Lipinski definition) is 1. The van der Waals surface area contributed by atoms with Crippen LogP contribution in [0, 0.1) is 11.8 Å². The standard InChI is InChI=1S/C11H17NS/c1-9-6-11(9)7-12-4-2-10-3-5-13-8-10/h3,5,8-9,11-12H,2,4,6-7H2,1H3. The summed E-state index contributed by atoms with van der Waals surface area (Å²) in [6, 6.07) is 2.21. The van der Waals surface area contributed by atoms with Crippen molar-refractivity contribution in [1.82, 2.24) is 5.32 Å². The molecular weight excluding hydrogens is 178 g/mol. The number of thiophene rings is 1. The van der Waals surface area contributed by atoms with Crippen LogP contribution in [0.2, 0.25) is 0 Å². The van der Waals surface area contributed by atoms with E-state index in [1.54, 1.807) is 11.3 Å². The van der Waals surface area contributed by atoms with Gasteiger partial charge in [-0.05, 0) is 60.2 Å². The molecule has 1 aromatic heterocycles. The van der Waals surface area contributed by atoms with E-state index in [-0.39, 0.29) is 0 Å². The van der Waals surface area contributed by atoms with E-state index >= 15 is 0 Å². The van der Waals surface area contributed by atoms with Crippen molar-refractivity contribution < 1.29 is 0 Å². The number of nitrogens with one attached hydrogen (secondary N) is 1. The van der Waals surface area contributed by atoms with Gasteiger partial charge in [-0.1, -0.05) is 6.92 Å². The molecule has 72 valence electrons. The second kappa shape index (κ2) is 4.25. The predicted molar refractivity (Wildman–Crippen MR) is 58.2 cm³/mol. The smallest absolute Gasteiger partial charge is 0.000794 e. The van der Waals surface area contributed by atoms with Crippen LogP contribution in [-0.4, -0.2) is 13.1 Å². The zero-order valence-corrected chi connectivity index (χ0v) is 8.94. The van der Waals surface area contributed by atoms with Crippen LogP contribution in [0.1, 0.15) is 18.9 Å². The summed E-state index contributed by atoms with van der Waals surface area (Å²) in [5.41, 5.74) is 1.47. The Morgan fingerprint density at radius 3 is 3.08 bits per heavy atom. The van der Waals surface area contributed by atoms with E-state index < -0.39 is 0 Å². The molecule has 0 bridgehead atoms. The average molecular weight is 195 g/mol. The average Bonchev–Trinajstić information content (AvgIpc) is 2.67. The van der Waals surface area contributed by atoms with Crippen LogP contribution in [0.25, 0.3) is 0 Å². The molecule has 1 aromatic rings. The fraction of sp³-hybridized carbons (Fsp3) is 0.636. The van der Waals surface area contributed by atoms with Crippen molar-refractivity contribution in [1.29, 1.82) is 0 Å². The highest BCUT2D eigenvalue weighted by molar-refractivity contribution is 7.07. The largest absolute Gasteiger partial charge is 0.316 e. The fourth-order valence-electron chi connectivity index (χ4n) is 1.64. The van der Waals surface area contributed by atoms with E-state index in [2.05, 4.69) is 29.1 Å². The second-order valence-electron chi connectivity index (χ2n) is 4.06. The maximum atomic E-state index is 3.52. The van der Waals surface area contributed by atoms with Gasteiger partial charge in [0.1, 0.15) is 0 Å². The molecule has 0 aromatic carbocycles. The predicted octanol–water partition coefficient (Wildman–Crippen LogP) is 2.54. The highest BCUT2D eigenvalue weighted by Gasteiger charge is 2.31. The van der Waals surface area contributed by atoms with Crippen LogP contribution in [0.4, 0.5) is 0 Å². The quantitative estimate of drug-likeness (QED) is 0.712. The normalized spacial score (nSPS) is 26.2. The summed E-state index contributed by atoms with van der Waals surface area (Å²) in [4.78, 5) is 0. The third-order valence-corrected chi connectivity index (χ3v) is 3.59. The Kier molecular flexibility index (Phi) is 3.01. The van der Waals surface area contributed by atoms with Gasteiger partial charge in [0, 0.05) is 0 Å². The Labute approximate surface area is 84.2 Å². The lowest BCUT2D eigenvalue weighted by Gasteiger charge is -2.01. The van der Waals surface area contributed by atoms with Crippen molar-refractivity contribution in [2.75, 3.05) is 13.1 Å². The molecule has 13 heavy (non-hydrogen) atoms. The third kappa shape index (κ3) is 2.82. The van der Waals surface area contributed by atoms with Crippen molar-refractivity contribution in [3.63, 3.8) is 0 Å². The lowest BCUT2D eigenvalue weighted by molar-refractivity contribution is 0.612. The van der Waals surface area contributed by atoms with Crippen molar-refractivity contribution in [2.24, 2.45) is 11.8 Å². The van der Waals surface area contributed by atoms with E-state index in [1.165, 1.54) is 24.9 Å². The van der Waals surface area contributed by atoms with Crippen LogP contribution < -0.4 is 5.32 Å². The molecular formula is C11H17NS. The summed E-state index contributed by atoms with van der Waals surface area (Å²) in [5, 5.41) is 7.91. The van der Waals surface area contributed by atoms with Crippen molar-refractivity contribution >= 4 is 11.3 Å². The molecule has 2 atom stereocenters. The van der Waals surface area contributed by atoms with Crippen LogP contribution >= 0.6 is 11.3 Å². The molecule has 1 aliphatic carbocycles. The minimum atomic E-state index is 0.975. The first kappa shape index (κ1) is 9.22. The summed E-state index contributed by atoms with van der Waals surface area (Å²) < 4.78 is 0. The molecule has 1 N–H and O–H groups in total. The van der Waals surface area contributed by atoms with Gasteiger partial charge in [0.05, 0.1) is 0 Å². The molecule has 1 saturated carbocycles. The highest BCUT2D eigenvalue weighted by Crippen LogP contribution is 2.36. The van der Waals surface area contributed by atoms with Crippen LogP contribution in [0.3, 0.4) is 0 Å². The van der Waals surface area contributed by atoms with E-state index in [1.807, 2.05) is 0 Å². The monoisotopic (exact) mass is 195 g/mol. The Bertz CT molecular complexity index is 243. The summed E-state index contributed by atoms with van der Waals surface area (Å²) in [5.74, 6) is 1.95. The lowest BCUT2D eigenvalue weighted by atomic mass is 10.2. The lowest BCUT2D eigenvalue weighted by Crippen LogP contribution is -2.20.